The number of amides is 1. The molecule has 3 rings (SSSR count). The number of carbonyl (C=O) groups is 2. The molecule has 0 atom stereocenters. The molecule has 0 heterocycles. The smallest absolute Gasteiger partial charge is 0.220 e. The summed E-state index contributed by atoms with van der Waals surface area (Å²) in [5.74, 6) is 0.689. The monoisotopic (exact) mass is 365 g/mol. The molecular weight excluding hydrogens is 338 g/mol. The molecule has 0 aliphatic heterocycles. The Balaban J connectivity index is 1.49. The second-order valence-corrected chi connectivity index (χ2v) is 7.31. The van der Waals surface area contributed by atoms with E-state index < -0.39 is 0 Å². The molecule has 0 bridgehead atoms. The van der Waals surface area contributed by atoms with Crippen molar-refractivity contribution in [3.8, 4) is 5.75 Å². The molecular formula is C23H27NO3. The second-order valence-electron chi connectivity index (χ2n) is 7.31. The molecule has 1 aliphatic carbocycles. The first kappa shape index (κ1) is 19.2. The number of carbonyl (C=O) groups excluding carboxylic acids is 2. The van der Waals surface area contributed by atoms with Gasteiger partial charge in [0.25, 0.3) is 0 Å². The van der Waals surface area contributed by atoms with Gasteiger partial charge in [-0.15, -0.1) is 0 Å². The molecule has 0 saturated heterocycles. The summed E-state index contributed by atoms with van der Waals surface area (Å²) in [4.78, 5) is 24.6. The quantitative estimate of drug-likeness (QED) is 0.712. The Hall–Kier alpha value is -2.62. The largest absolute Gasteiger partial charge is 0.491 e. The van der Waals surface area contributed by atoms with Crippen molar-refractivity contribution in [1.29, 1.82) is 0 Å². The lowest BCUT2D eigenvalue weighted by molar-refractivity contribution is -0.121. The first-order chi connectivity index (χ1) is 13.0. The van der Waals surface area contributed by atoms with E-state index in [2.05, 4.69) is 11.4 Å². The molecule has 0 fully saturated rings. The highest BCUT2D eigenvalue weighted by Crippen LogP contribution is 2.23. The van der Waals surface area contributed by atoms with Gasteiger partial charge in [-0.05, 0) is 56.4 Å². The fourth-order valence-electron chi connectivity index (χ4n) is 3.42. The zero-order chi connectivity index (χ0) is 19.2. The minimum atomic E-state index is -0.121. The molecule has 0 unspecified atom stereocenters. The van der Waals surface area contributed by atoms with Crippen molar-refractivity contribution in [2.75, 3.05) is 0 Å². The average Bonchev–Trinajstić information content (AvgIpc) is 3.12. The predicted octanol–water partition coefficient (Wildman–Crippen LogP) is 4.24. The number of nitrogens with one attached hydrogen (secondary N) is 1. The standard InChI is InChI=1S/C23H27NO3/c1-16(2)27-22-9-4-3-6-20(22)15-24-23(26)13-12-21(25)19-11-10-17-7-5-8-18(17)14-19/h3-4,6,9-11,14,16H,5,7-8,12-13,15H2,1-2H3,(H,24,26). The fourth-order valence-corrected chi connectivity index (χ4v) is 3.42. The van der Waals surface area contributed by atoms with E-state index in [4.69, 9.17) is 4.74 Å². The maximum Gasteiger partial charge on any atom is 0.220 e. The molecule has 1 N–H and O–H groups in total. The van der Waals surface area contributed by atoms with Crippen LogP contribution in [0.5, 0.6) is 5.75 Å². The number of para-hydroxylation sites is 1. The minimum Gasteiger partial charge on any atom is -0.491 e. The molecule has 0 saturated carbocycles. The number of fused-ring (bicyclic) bond motifs is 1. The average molecular weight is 365 g/mol. The van der Waals surface area contributed by atoms with Crippen LogP contribution < -0.4 is 10.1 Å². The Morgan fingerprint density at radius 1 is 1.04 bits per heavy atom. The number of hydrogen-bond acceptors (Lipinski definition) is 3. The Morgan fingerprint density at radius 3 is 2.63 bits per heavy atom. The fraction of sp³-hybridized carbons (Fsp3) is 0.391. The van der Waals surface area contributed by atoms with Crippen molar-refractivity contribution in [3.63, 3.8) is 0 Å². The van der Waals surface area contributed by atoms with E-state index in [0.717, 1.165) is 36.1 Å². The highest BCUT2D eigenvalue weighted by Gasteiger charge is 2.15. The lowest BCUT2D eigenvalue weighted by atomic mass is 10.0. The van der Waals surface area contributed by atoms with Gasteiger partial charge in [0.2, 0.25) is 5.91 Å². The highest BCUT2D eigenvalue weighted by molar-refractivity contribution is 5.98. The van der Waals surface area contributed by atoms with Crippen LogP contribution in [0.2, 0.25) is 0 Å². The normalized spacial score (nSPS) is 12.7. The van der Waals surface area contributed by atoms with Gasteiger partial charge in [0.1, 0.15) is 5.75 Å². The van der Waals surface area contributed by atoms with Gasteiger partial charge >= 0.3 is 0 Å². The van der Waals surface area contributed by atoms with Crippen molar-refractivity contribution in [1.82, 2.24) is 5.32 Å². The summed E-state index contributed by atoms with van der Waals surface area (Å²) >= 11 is 0. The molecule has 1 amide bonds. The van der Waals surface area contributed by atoms with E-state index in [0.29, 0.717) is 6.54 Å². The van der Waals surface area contributed by atoms with Gasteiger partial charge in [0.15, 0.2) is 5.78 Å². The van der Waals surface area contributed by atoms with Crippen LogP contribution in [0, 0.1) is 0 Å². The molecule has 4 heteroatoms. The van der Waals surface area contributed by atoms with Gasteiger partial charge in [-0.2, -0.15) is 0 Å². The molecule has 27 heavy (non-hydrogen) atoms. The van der Waals surface area contributed by atoms with Gasteiger partial charge in [-0.25, -0.2) is 0 Å². The molecule has 4 nitrogen and oxygen atoms in total. The van der Waals surface area contributed by atoms with Crippen LogP contribution in [0.15, 0.2) is 42.5 Å². The number of aryl methyl sites for hydroxylation is 2. The third kappa shape index (κ3) is 5.19. The Kier molecular flexibility index (Phi) is 6.28. The van der Waals surface area contributed by atoms with Crippen molar-refractivity contribution >= 4 is 11.7 Å². The maximum absolute atomic E-state index is 12.4. The van der Waals surface area contributed by atoms with Gasteiger partial charge in [0.05, 0.1) is 6.10 Å². The molecule has 142 valence electrons. The summed E-state index contributed by atoms with van der Waals surface area (Å²) in [5, 5.41) is 2.89. The van der Waals surface area contributed by atoms with Gasteiger partial charge in [0, 0.05) is 30.5 Å². The molecule has 2 aromatic rings. The lowest BCUT2D eigenvalue weighted by Gasteiger charge is -2.14. The molecule has 2 aromatic carbocycles. The zero-order valence-corrected chi connectivity index (χ0v) is 16.1. The van der Waals surface area contributed by atoms with E-state index in [1.807, 2.05) is 50.2 Å². The molecule has 0 spiro atoms. The van der Waals surface area contributed by atoms with E-state index in [9.17, 15) is 9.59 Å². The van der Waals surface area contributed by atoms with Crippen molar-refractivity contribution in [3.05, 3.63) is 64.7 Å². The molecule has 1 aliphatic rings. The van der Waals surface area contributed by atoms with E-state index in [1.165, 1.54) is 11.1 Å². The van der Waals surface area contributed by atoms with Gasteiger partial charge in [-0.1, -0.05) is 30.3 Å². The molecule has 0 aromatic heterocycles. The predicted molar refractivity (Wildman–Crippen MR) is 106 cm³/mol. The second kappa shape index (κ2) is 8.85. The van der Waals surface area contributed by atoms with E-state index in [1.54, 1.807) is 0 Å². The van der Waals surface area contributed by atoms with E-state index in [-0.39, 0.29) is 30.6 Å². The van der Waals surface area contributed by atoms with Crippen LogP contribution in [-0.2, 0) is 24.2 Å². The third-order valence-corrected chi connectivity index (χ3v) is 4.81. The zero-order valence-electron chi connectivity index (χ0n) is 16.1. The van der Waals surface area contributed by atoms with Crippen molar-refractivity contribution < 1.29 is 14.3 Å². The topological polar surface area (TPSA) is 55.4 Å². The van der Waals surface area contributed by atoms with Gasteiger partial charge in [-0.3, -0.25) is 9.59 Å². The SMILES string of the molecule is CC(C)Oc1ccccc1CNC(=O)CCC(=O)c1ccc2c(c1)CCC2. The number of ketones is 1. The third-order valence-electron chi connectivity index (χ3n) is 4.81. The first-order valence-electron chi connectivity index (χ1n) is 9.69. The van der Waals surface area contributed by atoms with Crippen LogP contribution in [0.1, 0.15) is 60.2 Å². The number of hydrogen-bond donors (Lipinski definition) is 1. The summed E-state index contributed by atoms with van der Waals surface area (Å²) in [6, 6.07) is 13.6. The van der Waals surface area contributed by atoms with E-state index >= 15 is 0 Å². The number of rotatable bonds is 8. The highest BCUT2D eigenvalue weighted by atomic mass is 16.5. The van der Waals surface area contributed by atoms with Crippen LogP contribution in [0.4, 0.5) is 0 Å². The summed E-state index contributed by atoms with van der Waals surface area (Å²) in [7, 11) is 0. The van der Waals surface area contributed by atoms with Crippen LogP contribution in [-0.4, -0.2) is 17.8 Å². The molecule has 0 radical (unpaired) electrons. The maximum atomic E-state index is 12.4. The Labute approximate surface area is 160 Å². The Bertz CT molecular complexity index is 826. The first-order valence-corrected chi connectivity index (χ1v) is 9.69. The lowest BCUT2D eigenvalue weighted by Crippen LogP contribution is -2.24. The van der Waals surface area contributed by atoms with Gasteiger partial charge < -0.3 is 10.1 Å². The van der Waals surface area contributed by atoms with Crippen molar-refractivity contribution in [2.45, 2.75) is 58.6 Å². The number of benzene rings is 2. The van der Waals surface area contributed by atoms with Crippen LogP contribution in [0.25, 0.3) is 0 Å². The minimum absolute atomic E-state index is 0.0309. The van der Waals surface area contributed by atoms with Crippen LogP contribution in [0.3, 0.4) is 0 Å². The summed E-state index contributed by atoms with van der Waals surface area (Å²) < 4.78 is 5.76. The summed E-state index contributed by atoms with van der Waals surface area (Å²) in [6.45, 7) is 4.34. The van der Waals surface area contributed by atoms with Crippen molar-refractivity contribution in [2.24, 2.45) is 0 Å². The number of Topliss-reactive ketones (excluding diaryl/α,β-unsaturated/α-hetero) is 1. The summed E-state index contributed by atoms with van der Waals surface area (Å²) in [5.41, 5.74) is 4.29. The number of ether oxygens (including phenoxy) is 1. The Morgan fingerprint density at radius 2 is 1.81 bits per heavy atom. The van der Waals surface area contributed by atoms with Crippen LogP contribution >= 0.6 is 0 Å². The summed E-state index contributed by atoms with van der Waals surface area (Å²) in [6.07, 6.45) is 3.82.